The molecule has 1 aromatic carbocycles. The normalized spacial score (nSPS) is 14.2. The standard InChI is InChI=1S/C15H22O2Si/c1-12(13(2)17-14(3)16)11-18(4,5)15-9-7-6-8-10-15/h6-11,13H,1-5H3/b12-11+/t13-/m1/s1. The van der Waals surface area contributed by atoms with E-state index in [0.29, 0.717) is 0 Å². The Kier molecular flexibility index (Phi) is 4.90. The Labute approximate surface area is 111 Å². The van der Waals surface area contributed by atoms with E-state index in [1.165, 1.54) is 12.1 Å². The molecule has 0 N–H and O–H groups in total. The van der Waals surface area contributed by atoms with E-state index in [0.717, 1.165) is 5.57 Å². The highest BCUT2D eigenvalue weighted by Crippen LogP contribution is 2.13. The molecule has 0 bridgehead atoms. The van der Waals surface area contributed by atoms with E-state index in [-0.39, 0.29) is 12.1 Å². The number of carbonyl (C=O) groups is 1. The lowest BCUT2D eigenvalue weighted by atomic mass is 10.2. The second kappa shape index (κ2) is 6.00. The molecule has 98 valence electrons. The van der Waals surface area contributed by atoms with Crippen LogP contribution in [0.5, 0.6) is 0 Å². The molecule has 0 radical (unpaired) electrons. The molecule has 2 nitrogen and oxygen atoms in total. The van der Waals surface area contributed by atoms with Gasteiger partial charge in [-0.3, -0.25) is 4.79 Å². The second-order valence-corrected chi connectivity index (χ2v) is 9.54. The Morgan fingerprint density at radius 1 is 1.22 bits per heavy atom. The molecule has 0 fully saturated rings. The van der Waals surface area contributed by atoms with Crippen LogP contribution in [-0.4, -0.2) is 20.1 Å². The van der Waals surface area contributed by atoms with E-state index < -0.39 is 8.07 Å². The van der Waals surface area contributed by atoms with Gasteiger partial charge in [-0.15, -0.1) is 0 Å². The van der Waals surface area contributed by atoms with Crippen LogP contribution in [0.3, 0.4) is 0 Å². The lowest BCUT2D eigenvalue weighted by Crippen LogP contribution is -2.40. The summed E-state index contributed by atoms with van der Waals surface area (Å²) in [6.07, 6.45) is -0.141. The molecule has 0 unspecified atom stereocenters. The zero-order valence-electron chi connectivity index (χ0n) is 11.9. The highest BCUT2D eigenvalue weighted by atomic mass is 28.3. The zero-order chi connectivity index (χ0) is 13.8. The molecule has 0 spiro atoms. The van der Waals surface area contributed by atoms with E-state index in [1.807, 2.05) is 19.9 Å². The Hall–Kier alpha value is -1.35. The summed E-state index contributed by atoms with van der Waals surface area (Å²) >= 11 is 0. The molecule has 0 aliphatic heterocycles. The first kappa shape index (κ1) is 14.7. The molecule has 0 aliphatic rings. The maximum absolute atomic E-state index is 11.0. The maximum atomic E-state index is 11.0. The molecule has 0 aliphatic carbocycles. The van der Waals surface area contributed by atoms with Crippen LogP contribution in [0.25, 0.3) is 0 Å². The second-order valence-electron chi connectivity index (χ2n) is 5.23. The van der Waals surface area contributed by atoms with Gasteiger partial charge in [0.25, 0.3) is 0 Å². The molecule has 1 aromatic rings. The number of esters is 1. The van der Waals surface area contributed by atoms with Crippen LogP contribution in [0.1, 0.15) is 20.8 Å². The van der Waals surface area contributed by atoms with Gasteiger partial charge >= 0.3 is 5.97 Å². The fourth-order valence-corrected chi connectivity index (χ4v) is 4.57. The first-order valence-electron chi connectivity index (χ1n) is 6.25. The first-order chi connectivity index (χ1) is 8.33. The fourth-order valence-electron chi connectivity index (χ4n) is 1.98. The van der Waals surface area contributed by atoms with Gasteiger partial charge in [0.15, 0.2) is 0 Å². The molecule has 1 atom stereocenters. The Balaban J connectivity index is 2.90. The molecule has 0 heterocycles. The molecule has 1 rings (SSSR count). The third-order valence-electron chi connectivity index (χ3n) is 3.09. The summed E-state index contributed by atoms with van der Waals surface area (Å²) in [5, 5.41) is 1.39. The minimum absolute atomic E-state index is 0.141. The molecule has 18 heavy (non-hydrogen) atoms. The summed E-state index contributed by atoms with van der Waals surface area (Å²) in [5.74, 6) is -0.227. The molecule has 0 aromatic heterocycles. The topological polar surface area (TPSA) is 26.3 Å². The summed E-state index contributed by atoms with van der Waals surface area (Å²) in [5.41, 5.74) is 3.43. The summed E-state index contributed by atoms with van der Waals surface area (Å²) in [6, 6.07) is 10.5. The van der Waals surface area contributed by atoms with Gasteiger partial charge in [-0.25, -0.2) is 0 Å². The number of hydrogen-bond acceptors (Lipinski definition) is 2. The van der Waals surface area contributed by atoms with Crippen molar-refractivity contribution in [3.63, 3.8) is 0 Å². The molecular formula is C15H22O2Si. The van der Waals surface area contributed by atoms with Crippen LogP contribution in [0.2, 0.25) is 13.1 Å². The Bertz CT molecular complexity index is 435. The van der Waals surface area contributed by atoms with Crippen LogP contribution >= 0.6 is 0 Å². The lowest BCUT2D eigenvalue weighted by Gasteiger charge is -2.22. The Morgan fingerprint density at radius 2 is 1.78 bits per heavy atom. The van der Waals surface area contributed by atoms with Gasteiger partial charge in [0.1, 0.15) is 14.2 Å². The predicted molar refractivity (Wildman–Crippen MR) is 78.5 cm³/mol. The van der Waals surface area contributed by atoms with Gasteiger partial charge in [-0.1, -0.05) is 54.3 Å². The highest BCUT2D eigenvalue weighted by molar-refractivity contribution is 6.94. The van der Waals surface area contributed by atoms with Crippen molar-refractivity contribution in [3.8, 4) is 0 Å². The third kappa shape index (κ3) is 4.15. The number of carbonyl (C=O) groups excluding carboxylic acids is 1. The van der Waals surface area contributed by atoms with Crippen LogP contribution in [0.15, 0.2) is 41.6 Å². The summed E-state index contributed by atoms with van der Waals surface area (Å²) in [4.78, 5) is 11.0. The first-order valence-corrected chi connectivity index (χ1v) is 9.33. The van der Waals surface area contributed by atoms with Crippen molar-refractivity contribution in [2.75, 3.05) is 0 Å². The summed E-state index contributed by atoms with van der Waals surface area (Å²) in [6.45, 7) is 10.00. The van der Waals surface area contributed by atoms with Crippen molar-refractivity contribution < 1.29 is 9.53 Å². The minimum Gasteiger partial charge on any atom is -0.458 e. The van der Waals surface area contributed by atoms with E-state index >= 15 is 0 Å². The zero-order valence-corrected chi connectivity index (χ0v) is 12.9. The smallest absolute Gasteiger partial charge is 0.303 e. The van der Waals surface area contributed by atoms with Crippen molar-refractivity contribution in [2.24, 2.45) is 0 Å². The quantitative estimate of drug-likeness (QED) is 0.616. The van der Waals surface area contributed by atoms with Gasteiger partial charge in [0.05, 0.1) is 0 Å². The fraction of sp³-hybridized carbons (Fsp3) is 0.400. The van der Waals surface area contributed by atoms with Crippen LogP contribution in [-0.2, 0) is 9.53 Å². The van der Waals surface area contributed by atoms with Crippen molar-refractivity contribution >= 4 is 19.2 Å². The molecular weight excluding hydrogens is 240 g/mol. The number of rotatable bonds is 4. The largest absolute Gasteiger partial charge is 0.458 e. The van der Waals surface area contributed by atoms with E-state index in [1.54, 1.807) is 0 Å². The maximum Gasteiger partial charge on any atom is 0.303 e. The van der Waals surface area contributed by atoms with Crippen molar-refractivity contribution in [1.29, 1.82) is 0 Å². The minimum atomic E-state index is -1.61. The van der Waals surface area contributed by atoms with Crippen molar-refractivity contribution in [1.82, 2.24) is 0 Å². The van der Waals surface area contributed by atoms with Crippen LogP contribution < -0.4 is 5.19 Å². The average Bonchev–Trinajstić information content (AvgIpc) is 2.28. The van der Waals surface area contributed by atoms with Crippen molar-refractivity contribution in [2.45, 2.75) is 40.0 Å². The molecule has 3 heteroatoms. The molecule has 0 saturated carbocycles. The SMILES string of the molecule is CC(=O)O[C@H](C)/C(C)=C/[Si](C)(C)c1ccccc1. The van der Waals surface area contributed by atoms with Gasteiger partial charge < -0.3 is 4.74 Å². The van der Waals surface area contributed by atoms with E-state index in [4.69, 9.17) is 4.74 Å². The molecule has 0 saturated heterocycles. The number of hydrogen-bond donors (Lipinski definition) is 0. The van der Waals surface area contributed by atoms with E-state index in [9.17, 15) is 4.79 Å². The highest BCUT2D eigenvalue weighted by Gasteiger charge is 2.22. The monoisotopic (exact) mass is 262 g/mol. The summed E-state index contributed by atoms with van der Waals surface area (Å²) in [7, 11) is -1.61. The number of benzene rings is 1. The molecule has 0 amide bonds. The average molecular weight is 262 g/mol. The predicted octanol–water partition coefficient (Wildman–Crippen LogP) is 3.04. The van der Waals surface area contributed by atoms with Gasteiger partial charge in [-0.2, -0.15) is 0 Å². The van der Waals surface area contributed by atoms with Gasteiger partial charge in [-0.05, 0) is 19.4 Å². The number of ether oxygens (including phenoxy) is 1. The van der Waals surface area contributed by atoms with Crippen molar-refractivity contribution in [3.05, 3.63) is 41.6 Å². The van der Waals surface area contributed by atoms with Crippen LogP contribution in [0, 0.1) is 0 Å². The van der Waals surface area contributed by atoms with Gasteiger partial charge in [0.2, 0.25) is 0 Å². The lowest BCUT2D eigenvalue weighted by molar-refractivity contribution is -0.143. The third-order valence-corrected chi connectivity index (χ3v) is 6.09. The summed E-state index contributed by atoms with van der Waals surface area (Å²) < 4.78 is 5.21. The van der Waals surface area contributed by atoms with Crippen LogP contribution in [0.4, 0.5) is 0 Å². The van der Waals surface area contributed by atoms with E-state index in [2.05, 4.69) is 43.1 Å². The van der Waals surface area contributed by atoms with Gasteiger partial charge in [0, 0.05) is 6.92 Å². The Morgan fingerprint density at radius 3 is 2.28 bits per heavy atom.